The van der Waals surface area contributed by atoms with Crippen molar-refractivity contribution in [3.63, 3.8) is 0 Å². The van der Waals surface area contributed by atoms with Crippen LogP contribution in [0.3, 0.4) is 0 Å². The zero-order chi connectivity index (χ0) is 24.5. The summed E-state index contributed by atoms with van der Waals surface area (Å²) in [6, 6.07) is 4.19. The van der Waals surface area contributed by atoms with E-state index >= 15 is 0 Å². The number of hydrogen-bond donors (Lipinski definition) is 2. The lowest BCUT2D eigenvalue weighted by Gasteiger charge is -2.40. The van der Waals surface area contributed by atoms with Gasteiger partial charge in [0.05, 0.1) is 17.1 Å². The van der Waals surface area contributed by atoms with Crippen molar-refractivity contribution in [3.05, 3.63) is 34.9 Å². The fourth-order valence-corrected chi connectivity index (χ4v) is 5.75. The maximum atomic E-state index is 14.0. The van der Waals surface area contributed by atoms with Gasteiger partial charge >= 0.3 is 6.18 Å². The zero-order valence-electron chi connectivity index (χ0n) is 20.2. The van der Waals surface area contributed by atoms with Crippen molar-refractivity contribution in [2.45, 2.75) is 89.2 Å². The first-order chi connectivity index (χ1) is 16.1. The van der Waals surface area contributed by atoms with Gasteiger partial charge in [-0.25, -0.2) is 0 Å². The van der Waals surface area contributed by atoms with Crippen LogP contribution in [-0.4, -0.2) is 54.4 Å². The summed E-state index contributed by atoms with van der Waals surface area (Å²) in [7, 11) is 1.68. The van der Waals surface area contributed by atoms with E-state index in [-0.39, 0.29) is 24.5 Å². The fraction of sp³-hybridized carbons (Fsp3) is 0.731. The number of alkyl halides is 3. The van der Waals surface area contributed by atoms with E-state index in [1.807, 2.05) is 0 Å². The van der Waals surface area contributed by atoms with Crippen LogP contribution in [0.5, 0.6) is 0 Å². The Morgan fingerprint density at radius 2 is 2.06 bits per heavy atom. The van der Waals surface area contributed by atoms with Crippen LogP contribution in [0.2, 0.25) is 0 Å². The molecule has 190 valence electrons. The smallest absolute Gasteiger partial charge is 0.392 e. The predicted molar refractivity (Wildman–Crippen MR) is 123 cm³/mol. The van der Waals surface area contributed by atoms with Gasteiger partial charge < -0.3 is 20.1 Å². The number of rotatable bonds is 9. The molecule has 4 unspecified atom stereocenters. The van der Waals surface area contributed by atoms with Gasteiger partial charge in [0, 0.05) is 38.9 Å². The van der Waals surface area contributed by atoms with Gasteiger partial charge in [-0.05, 0) is 74.6 Å². The summed E-state index contributed by atoms with van der Waals surface area (Å²) in [6.07, 6.45) is 1.02. The third-order valence-electron chi connectivity index (χ3n) is 7.98. The fourth-order valence-electron chi connectivity index (χ4n) is 5.75. The third-order valence-corrected chi connectivity index (χ3v) is 7.98. The number of ether oxygens (including phenoxy) is 1. The molecule has 2 fully saturated rings. The quantitative estimate of drug-likeness (QED) is 0.551. The maximum absolute atomic E-state index is 14.0. The van der Waals surface area contributed by atoms with Gasteiger partial charge in [0.25, 0.3) is 0 Å². The summed E-state index contributed by atoms with van der Waals surface area (Å²) in [5.74, 6) is 0.376. The minimum Gasteiger partial charge on any atom is -0.392 e. The van der Waals surface area contributed by atoms with Crippen LogP contribution in [-0.2, 0) is 28.7 Å². The molecule has 3 aliphatic rings. The van der Waals surface area contributed by atoms with Crippen LogP contribution in [0.1, 0.15) is 68.6 Å². The minimum absolute atomic E-state index is 0.0995. The number of aliphatic hydroxyl groups excluding tert-OH is 1. The number of aliphatic hydroxyl groups is 1. The Balaban J connectivity index is 1.51. The van der Waals surface area contributed by atoms with E-state index in [1.54, 1.807) is 12.0 Å². The van der Waals surface area contributed by atoms with Crippen LogP contribution in [0.15, 0.2) is 18.2 Å². The number of nitrogens with zero attached hydrogens (tertiary/aromatic N) is 1. The molecule has 34 heavy (non-hydrogen) atoms. The van der Waals surface area contributed by atoms with Gasteiger partial charge in [-0.3, -0.25) is 4.79 Å². The van der Waals surface area contributed by atoms with Crippen LogP contribution in [0.25, 0.3) is 0 Å². The summed E-state index contributed by atoms with van der Waals surface area (Å²) in [5.41, 5.74) is -0.135. The standard InChI is InChI=1S/C26H37F3N2O3/c1-17(9-12-34-2)30-22-7-10-25(15-22,23(32)13-18-3-4-18)24(33)31-11-8-19-5-6-21(26(27,28)29)14-20(19)16-31/h5-6,14,17-18,22-23,30,32H,3-4,7-13,15-16H2,1-2H3. The molecule has 0 radical (unpaired) electrons. The SMILES string of the molecule is COCCC(C)NC1CCC(C(=O)N2CCc3ccc(C(F)(F)F)cc3C2)(C(O)CC2CC2)C1. The molecule has 1 aromatic rings. The third kappa shape index (κ3) is 5.60. The number of halogens is 3. The van der Waals surface area contributed by atoms with Crippen LogP contribution >= 0.6 is 0 Å². The Bertz CT molecular complexity index is 873. The predicted octanol–water partition coefficient (Wildman–Crippen LogP) is 4.30. The number of carbonyl (C=O) groups excluding carboxylic acids is 1. The van der Waals surface area contributed by atoms with Crippen LogP contribution in [0.4, 0.5) is 13.2 Å². The average Bonchev–Trinajstić information content (AvgIpc) is 3.52. The number of fused-ring (bicyclic) bond motifs is 1. The maximum Gasteiger partial charge on any atom is 0.416 e. The summed E-state index contributed by atoms with van der Waals surface area (Å²) in [5, 5.41) is 14.9. The van der Waals surface area contributed by atoms with E-state index in [2.05, 4.69) is 12.2 Å². The normalized spacial score (nSPS) is 26.9. The lowest BCUT2D eigenvalue weighted by molar-refractivity contribution is -0.151. The topological polar surface area (TPSA) is 61.8 Å². The first-order valence-corrected chi connectivity index (χ1v) is 12.5. The summed E-state index contributed by atoms with van der Waals surface area (Å²) >= 11 is 0. The monoisotopic (exact) mass is 482 g/mol. The highest BCUT2D eigenvalue weighted by molar-refractivity contribution is 5.84. The van der Waals surface area contributed by atoms with Crippen LogP contribution < -0.4 is 5.32 Å². The van der Waals surface area contributed by atoms with E-state index in [0.29, 0.717) is 50.3 Å². The van der Waals surface area contributed by atoms with Gasteiger partial charge in [-0.2, -0.15) is 13.2 Å². The highest BCUT2D eigenvalue weighted by Gasteiger charge is 2.53. The van der Waals surface area contributed by atoms with Crippen LogP contribution in [0, 0.1) is 11.3 Å². The second kappa shape index (κ2) is 10.2. The molecule has 2 aliphatic carbocycles. The molecule has 4 atom stereocenters. The number of nitrogens with one attached hydrogen (secondary N) is 1. The molecule has 1 amide bonds. The molecular formula is C26H37F3N2O3. The van der Waals surface area contributed by atoms with Crippen molar-refractivity contribution in [3.8, 4) is 0 Å². The van der Waals surface area contributed by atoms with Crippen molar-refractivity contribution in [2.24, 2.45) is 11.3 Å². The van der Waals surface area contributed by atoms with Gasteiger partial charge in [-0.15, -0.1) is 0 Å². The molecule has 1 aromatic carbocycles. The number of methoxy groups -OCH3 is 1. The molecule has 1 heterocycles. The molecule has 4 rings (SSSR count). The van der Waals surface area contributed by atoms with E-state index in [9.17, 15) is 23.1 Å². The Kier molecular flexibility index (Phi) is 7.60. The van der Waals surface area contributed by atoms with E-state index in [1.165, 1.54) is 12.1 Å². The summed E-state index contributed by atoms with van der Waals surface area (Å²) < 4.78 is 44.9. The summed E-state index contributed by atoms with van der Waals surface area (Å²) in [4.78, 5) is 15.6. The van der Waals surface area contributed by atoms with E-state index in [0.717, 1.165) is 37.3 Å². The molecule has 0 aromatic heterocycles. The Hall–Kier alpha value is -1.64. The number of amides is 1. The average molecular weight is 483 g/mol. The molecule has 2 saturated carbocycles. The van der Waals surface area contributed by atoms with Crippen molar-refractivity contribution in [1.82, 2.24) is 10.2 Å². The van der Waals surface area contributed by atoms with Gasteiger partial charge in [0.1, 0.15) is 0 Å². The van der Waals surface area contributed by atoms with Gasteiger partial charge in [-0.1, -0.05) is 18.9 Å². The second-order valence-electron chi connectivity index (χ2n) is 10.6. The highest BCUT2D eigenvalue weighted by atomic mass is 19.4. The van der Waals surface area contributed by atoms with Crippen molar-refractivity contribution in [2.75, 3.05) is 20.3 Å². The number of benzene rings is 1. The minimum atomic E-state index is -4.41. The van der Waals surface area contributed by atoms with Crippen molar-refractivity contribution in [1.29, 1.82) is 0 Å². The molecule has 1 aliphatic heterocycles. The Morgan fingerprint density at radius 3 is 2.74 bits per heavy atom. The highest BCUT2D eigenvalue weighted by Crippen LogP contribution is 2.48. The molecular weight excluding hydrogens is 445 g/mol. The van der Waals surface area contributed by atoms with Gasteiger partial charge in [0.15, 0.2) is 0 Å². The molecule has 5 nitrogen and oxygen atoms in total. The van der Waals surface area contributed by atoms with Crippen molar-refractivity contribution >= 4 is 5.91 Å². The second-order valence-corrected chi connectivity index (χ2v) is 10.6. The number of carbonyl (C=O) groups is 1. The lowest BCUT2D eigenvalue weighted by Crippen LogP contribution is -2.51. The van der Waals surface area contributed by atoms with E-state index in [4.69, 9.17) is 4.74 Å². The van der Waals surface area contributed by atoms with Crippen molar-refractivity contribution < 1.29 is 27.8 Å². The van der Waals surface area contributed by atoms with E-state index < -0.39 is 23.3 Å². The molecule has 2 N–H and O–H groups in total. The zero-order valence-corrected chi connectivity index (χ0v) is 20.2. The molecule has 0 saturated heterocycles. The molecule has 8 heteroatoms. The summed E-state index contributed by atoms with van der Waals surface area (Å²) in [6.45, 7) is 3.39. The Labute approximate surface area is 200 Å². The number of hydrogen-bond acceptors (Lipinski definition) is 4. The molecule has 0 bridgehead atoms. The Morgan fingerprint density at radius 1 is 1.29 bits per heavy atom. The largest absolute Gasteiger partial charge is 0.416 e. The van der Waals surface area contributed by atoms with Gasteiger partial charge in [0.2, 0.25) is 5.91 Å². The first kappa shape index (κ1) is 25.5. The molecule has 0 spiro atoms. The lowest BCUT2D eigenvalue weighted by atomic mass is 9.76. The first-order valence-electron chi connectivity index (χ1n) is 12.5.